The highest BCUT2D eigenvalue weighted by Gasteiger charge is 2.41. The quantitative estimate of drug-likeness (QED) is 0.563. The highest BCUT2D eigenvalue weighted by Crippen LogP contribution is 2.48. The highest BCUT2D eigenvalue weighted by molar-refractivity contribution is 6.31. The SMILES string of the molecule is Clc1ccc2c(c1)[C@H]1CC(c3ccncc3)=NN1[C@@H](c1ccccc1Cl)O2. The Labute approximate surface area is 167 Å². The van der Waals surface area contributed by atoms with Crippen molar-refractivity contribution in [2.75, 3.05) is 0 Å². The molecule has 2 aliphatic heterocycles. The first-order valence-electron chi connectivity index (χ1n) is 8.67. The Balaban J connectivity index is 1.64. The fourth-order valence-corrected chi connectivity index (χ4v) is 4.07. The van der Waals surface area contributed by atoms with Crippen molar-refractivity contribution in [2.45, 2.75) is 18.7 Å². The number of rotatable bonds is 2. The zero-order valence-electron chi connectivity index (χ0n) is 14.2. The maximum absolute atomic E-state index is 6.47. The van der Waals surface area contributed by atoms with Gasteiger partial charge in [0.05, 0.1) is 11.8 Å². The van der Waals surface area contributed by atoms with Crippen LogP contribution in [-0.2, 0) is 0 Å². The van der Waals surface area contributed by atoms with Crippen molar-refractivity contribution in [3.05, 3.63) is 93.7 Å². The van der Waals surface area contributed by atoms with E-state index in [0.717, 1.165) is 34.6 Å². The van der Waals surface area contributed by atoms with Crippen molar-refractivity contribution < 1.29 is 4.74 Å². The Hall–Kier alpha value is -2.56. The lowest BCUT2D eigenvalue weighted by Crippen LogP contribution is -2.33. The third kappa shape index (κ3) is 2.85. The summed E-state index contributed by atoms with van der Waals surface area (Å²) < 4.78 is 6.32. The summed E-state index contributed by atoms with van der Waals surface area (Å²) in [7, 11) is 0. The Morgan fingerprint density at radius 3 is 2.59 bits per heavy atom. The van der Waals surface area contributed by atoms with Gasteiger partial charge in [-0.3, -0.25) is 4.98 Å². The van der Waals surface area contributed by atoms with Crippen molar-refractivity contribution in [1.82, 2.24) is 9.99 Å². The van der Waals surface area contributed by atoms with Gasteiger partial charge in [-0.15, -0.1) is 0 Å². The summed E-state index contributed by atoms with van der Waals surface area (Å²) in [5, 5.41) is 8.24. The van der Waals surface area contributed by atoms with Gasteiger partial charge >= 0.3 is 0 Å². The lowest BCUT2D eigenvalue weighted by Gasteiger charge is -2.38. The number of pyridine rings is 1. The van der Waals surface area contributed by atoms with E-state index in [9.17, 15) is 0 Å². The predicted molar refractivity (Wildman–Crippen MR) is 106 cm³/mol. The summed E-state index contributed by atoms with van der Waals surface area (Å²) in [6, 6.07) is 17.4. The van der Waals surface area contributed by atoms with Gasteiger partial charge in [0.15, 0.2) is 0 Å². The number of nitrogens with zero attached hydrogens (tertiary/aromatic N) is 3. The topological polar surface area (TPSA) is 37.7 Å². The van der Waals surface area contributed by atoms with E-state index < -0.39 is 6.23 Å². The van der Waals surface area contributed by atoms with Crippen molar-refractivity contribution >= 4 is 28.9 Å². The van der Waals surface area contributed by atoms with E-state index in [0.29, 0.717) is 10.0 Å². The molecule has 0 aliphatic carbocycles. The zero-order chi connectivity index (χ0) is 18.4. The standard InChI is InChI=1S/C21H15Cl2N3O/c22-14-5-6-20-16(11-14)19-12-18(13-7-9-24-10-8-13)25-26(19)21(27-20)15-3-1-2-4-17(15)23/h1-11,19,21H,12H2/t19-,21-/m1/s1. The van der Waals surface area contributed by atoms with Crippen LogP contribution in [0.15, 0.2) is 72.1 Å². The molecule has 0 fully saturated rings. The maximum Gasteiger partial charge on any atom is 0.215 e. The van der Waals surface area contributed by atoms with Gasteiger partial charge in [0.2, 0.25) is 6.23 Å². The lowest BCUT2D eigenvalue weighted by atomic mass is 9.96. The normalized spacial score (nSPS) is 20.5. The molecular formula is C21H15Cl2N3O. The number of benzene rings is 2. The molecule has 1 aromatic heterocycles. The van der Waals surface area contributed by atoms with Crippen LogP contribution in [0.2, 0.25) is 10.0 Å². The molecule has 27 heavy (non-hydrogen) atoms. The number of fused-ring (bicyclic) bond motifs is 3. The van der Waals surface area contributed by atoms with Gasteiger partial charge < -0.3 is 4.74 Å². The number of hydrogen-bond acceptors (Lipinski definition) is 4. The molecule has 2 aromatic carbocycles. The summed E-state index contributed by atoms with van der Waals surface area (Å²) in [5.41, 5.74) is 3.99. The van der Waals surface area contributed by atoms with Gasteiger partial charge in [0.1, 0.15) is 5.75 Å². The number of ether oxygens (including phenoxy) is 1. The molecule has 0 radical (unpaired) electrons. The van der Waals surface area contributed by atoms with Crippen LogP contribution in [-0.4, -0.2) is 15.7 Å². The molecule has 134 valence electrons. The molecule has 0 saturated carbocycles. The van der Waals surface area contributed by atoms with Crippen LogP contribution in [0.5, 0.6) is 5.75 Å². The summed E-state index contributed by atoms with van der Waals surface area (Å²) in [5.74, 6) is 0.816. The molecule has 0 saturated heterocycles. The summed E-state index contributed by atoms with van der Waals surface area (Å²) in [4.78, 5) is 4.10. The smallest absolute Gasteiger partial charge is 0.215 e. The van der Waals surface area contributed by atoms with Crippen molar-refractivity contribution in [1.29, 1.82) is 0 Å². The number of halogens is 2. The molecule has 3 aromatic rings. The van der Waals surface area contributed by atoms with Crippen molar-refractivity contribution in [2.24, 2.45) is 5.10 Å². The Kier molecular flexibility index (Phi) is 4.03. The average Bonchev–Trinajstić information content (AvgIpc) is 3.15. The molecule has 2 atom stereocenters. The Morgan fingerprint density at radius 2 is 1.78 bits per heavy atom. The molecule has 4 nitrogen and oxygen atoms in total. The molecular weight excluding hydrogens is 381 g/mol. The minimum atomic E-state index is -0.392. The molecule has 0 unspecified atom stereocenters. The minimum absolute atomic E-state index is 0.0388. The van der Waals surface area contributed by atoms with E-state index in [4.69, 9.17) is 33.0 Å². The van der Waals surface area contributed by atoms with E-state index in [2.05, 4.69) is 4.98 Å². The first-order valence-corrected chi connectivity index (χ1v) is 9.43. The predicted octanol–water partition coefficient (Wildman–Crippen LogP) is 5.63. The molecule has 0 amide bonds. The monoisotopic (exact) mass is 395 g/mol. The fourth-order valence-electron chi connectivity index (χ4n) is 3.66. The summed E-state index contributed by atoms with van der Waals surface area (Å²) >= 11 is 12.7. The van der Waals surface area contributed by atoms with Crippen LogP contribution in [0.3, 0.4) is 0 Å². The second kappa shape index (κ2) is 6.55. The van der Waals surface area contributed by atoms with Gasteiger partial charge in [-0.05, 0) is 36.4 Å². The van der Waals surface area contributed by atoms with E-state index >= 15 is 0 Å². The molecule has 0 N–H and O–H groups in total. The van der Waals surface area contributed by atoms with Gasteiger partial charge in [-0.2, -0.15) is 5.10 Å². The second-order valence-corrected chi connectivity index (χ2v) is 7.40. The van der Waals surface area contributed by atoms with Crippen LogP contribution >= 0.6 is 23.2 Å². The molecule has 3 heterocycles. The zero-order valence-corrected chi connectivity index (χ0v) is 15.7. The molecule has 5 rings (SSSR count). The third-order valence-corrected chi connectivity index (χ3v) is 5.52. The van der Waals surface area contributed by atoms with Crippen molar-refractivity contribution in [3.8, 4) is 5.75 Å². The minimum Gasteiger partial charge on any atom is -0.464 e. The van der Waals surface area contributed by atoms with Gasteiger partial charge in [0, 0.05) is 45.6 Å². The average molecular weight is 396 g/mol. The fraction of sp³-hybridized carbons (Fsp3) is 0.143. The van der Waals surface area contributed by atoms with E-state index in [1.165, 1.54) is 0 Å². The molecule has 6 heteroatoms. The number of hydrogen-bond donors (Lipinski definition) is 0. The second-order valence-electron chi connectivity index (χ2n) is 6.56. The van der Waals surface area contributed by atoms with Gasteiger partial charge in [0.25, 0.3) is 0 Å². The van der Waals surface area contributed by atoms with E-state index in [1.54, 1.807) is 12.4 Å². The lowest BCUT2D eigenvalue weighted by molar-refractivity contribution is -0.0189. The molecule has 0 bridgehead atoms. The first kappa shape index (κ1) is 16.6. The highest BCUT2D eigenvalue weighted by atomic mass is 35.5. The van der Waals surface area contributed by atoms with Crippen LogP contribution in [0.4, 0.5) is 0 Å². The Morgan fingerprint density at radius 1 is 0.963 bits per heavy atom. The Bertz CT molecular complexity index is 1040. The molecule has 2 aliphatic rings. The van der Waals surface area contributed by atoms with Crippen LogP contribution in [0.1, 0.15) is 35.4 Å². The summed E-state index contributed by atoms with van der Waals surface area (Å²) in [6.07, 6.45) is 3.93. The van der Waals surface area contributed by atoms with Crippen molar-refractivity contribution in [3.63, 3.8) is 0 Å². The van der Waals surface area contributed by atoms with E-state index in [-0.39, 0.29) is 6.04 Å². The van der Waals surface area contributed by atoms with Gasteiger partial charge in [-0.1, -0.05) is 41.4 Å². The van der Waals surface area contributed by atoms with Crippen LogP contribution in [0.25, 0.3) is 0 Å². The maximum atomic E-state index is 6.47. The molecule has 0 spiro atoms. The third-order valence-electron chi connectivity index (χ3n) is 4.94. The number of hydrazone groups is 1. The first-order chi connectivity index (χ1) is 13.2. The number of aromatic nitrogens is 1. The van der Waals surface area contributed by atoms with E-state index in [1.807, 2.05) is 59.6 Å². The van der Waals surface area contributed by atoms with Crippen LogP contribution in [0, 0.1) is 0 Å². The summed E-state index contributed by atoms with van der Waals surface area (Å²) in [6.45, 7) is 0. The largest absolute Gasteiger partial charge is 0.464 e. The van der Waals surface area contributed by atoms with Gasteiger partial charge in [-0.25, -0.2) is 5.01 Å². The van der Waals surface area contributed by atoms with Crippen LogP contribution < -0.4 is 4.74 Å².